The number of piperidine rings is 1. The van der Waals surface area contributed by atoms with Crippen molar-refractivity contribution in [3.63, 3.8) is 0 Å². The largest absolute Gasteiger partial charge is 0.379 e. The van der Waals surface area contributed by atoms with Crippen LogP contribution in [-0.2, 0) is 25.1 Å². The molecule has 0 radical (unpaired) electrons. The molecule has 3 rings (SSSR count). The van der Waals surface area contributed by atoms with Crippen molar-refractivity contribution in [3.8, 4) is 0 Å². The van der Waals surface area contributed by atoms with Crippen LogP contribution in [0.5, 0.6) is 0 Å². The normalized spacial score (nSPS) is 20.0. The first-order chi connectivity index (χ1) is 12.9. The molecule has 0 aliphatic carbocycles. The first-order valence-corrected chi connectivity index (χ1v) is 12.1. The topological polar surface area (TPSA) is 66.9 Å². The number of amides is 1. The zero-order valence-electron chi connectivity index (χ0n) is 15.5. The predicted octanol–water partition coefficient (Wildman–Crippen LogP) is 1.93. The van der Waals surface area contributed by atoms with Crippen LogP contribution in [-0.4, -0.2) is 75.8 Å². The first kappa shape index (κ1) is 20.8. The molecule has 0 bridgehead atoms. The minimum absolute atomic E-state index is 0.0977. The number of ether oxygens (including phenoxy) is 1. The highest BCUT2D eigenvalue weighted by atomic mass is 79.9. The van der Waals surface area contributed by atoms with Gasteiger partial charge < -0.3 is 9.64 Å². The molecule has 2 aliphatic heterocycles. The Morgan fingerprint density at radius 2 is 1.70 bits per heavy atom. The van der Waals surface area contributed by atoms with E-state index in [0.29, 0.717) is 24.6 Å². The van der Waals surface area contributed by atoms with E-state index in [1.807, 2.05) is 12.1 Å². The molecule has 0 N–H and O–H groups in total. The highest BCUT2D eigenvalue weighted by molar-refractivity contribution is 9.10. The lowest BCUT2D eigenvalue weighted by atomic mass is 9.96. The first-order valence-electron chi connectivity index (χ1n) is 9.44. The van der Waals surface area contributed by atoms with Crippen LogP contribution in [0.1, 0.15) is 18.4 Å². The SMILES string of the molecule is O=C(CS(=O)(=O)Cc1ccc(Br)cc1)N1CCC(CN2CCOCC2)CC1. The molecule has 0 unspecified atom stereocenters. The van der Waals surface area contributed by atoms with E-state index in [0.717, 1.165) is 50.2 Å². The van der Waals surface area contributed by atoms with E-state index in [2.05, 4.69) is 20.8 Å². The van der Waals surface area contributed by atoms with Crippen molar-refractivity contribution < 1.29 is 17.9 Å². The van der Waals surface area contributed by atoms with Gasteiger partial charge in [-0.15, -0.1) is 0 Å². The molecule has 0 saturated carbocycles. The lowest BCUT2D eigenvalue weighted by Crippen LogP contribution is -2.45. The van der Waals surface area contributed by atoms with Crippen molar-refractivity contribution in [1.29, 1.82) is 0 Å². The molecule has 0 aromatic heterocycles. The van der Waals surface area contributed by atoms with E-state index in [-0.39, 0.29) is 11.7 Å². The third-order valence-electron chi connectivity index (χ3n) is 5.23. The monoisotopic (exact) mass is 458 g/mol. The highest BCUT2D eigenvalue weighted by Gasteiger charge is 2.27. The molecule has 2 heterocycles. The van der Waals surface area contributed by atoms with Crippen molar-refractivity contribution >= 4 is 31.7 Å². The molecule has 1 aromatic rings. The van der Waals surface area contributed by atoms with Gasteiger partial charge in [0.25, 0.3) is 0 Å². The summed E-state index contributed by atoms with van der Waals surface area (Å²) in [6.07, 6.45) is 1.88. The van der Waals surface area contributed by atoms with Crippen LogP contribution in [0.4, 0.5) is 0 Å². The smallest absolute Gasteiger partial charge is 0.237 e. The van der Waals surface area contributed by atoms with Gasteiger partial charge >= 0.3 is 0 Å². The van der Waals surface area contributed by atoms with Crippen LogP contribution in [0.2, 0.25) is 0 Å². The Bertz CT molecular complexity index is 725. The predicted molar refractivity (Wildman–Crippen MR) is 108 cm³/mol. The molecule has 2 saturated heterocycles. The van der Waals surface area contributed by atoms with Gasteiger partial charge in [-0.25, -0.2) is 8.42 Å². The maximum absolute atomic E-state index is 12.5. The number of morpholine rings is 1. The van der Waals surface area contributed by atoms with Gasteiger partial charge in [0.2, 0.25) is 5.91 Å². The Morgan fingerprint density at radius 3 is 2.33 bits per heavy atom. The molecular formula is C19H27BrN2O4S. The summed E-state index contributed by atoms with van der Waals surface area (Å²) in [5.41, 5.74) is 0.704. The fourth-order valence-corrected chi connectivity index (χ4v) is 5.30. The third-order valence-corrected chi connectivity index (χ3v) is 7.22. The molecule has 2 fully saturated rings. The Kier molecular flexibility index (Phi) is 7.30. The summed E-state index contributed by atoms with van der Waals surface area (Å²) in [5.74, 6) is -0.195. The zero-order chi connectivity index (χ0) is 19.3. The van der Waals surface area contributed by atoms with Crippen molar-refractivity contribution in [2.24, 2.45) is 5.92 Å². The van der Waals surface area contributed by atoms with Crippen molar-refractivity contribution in [1.82, 2.24) is 9.80 Å². The van der Waals surface area contributed by atoms with Crippen molar-refractivity contribution in [3.05, 3.63) is 34.3 Å². The number of nitrogens with zero attached hydrogens (tertiary/aromatic N) is 2. The summed E-state index contributed by atoms with van der Waals surface area (Å²) in [7, 11) is -3.46. The van der Waals surface area contributed by atoms with Crippen LogP contribution in [0, 0.1) is 5.92 Å². The number of hydrogen-bond donors (Lipinski definition) is 0. The molecule has 1 aromatic carbocycles. The van der Waals surface area contributed by atoms with Crippen LogP contribution in [0.25, 0.3) is 0 Å². The third kappa shape index (κ3) is 6.55. The summed E-state index contributed by atoms with van der Waals surface area (Å²) in [4.78, 5) is 16.6. The molecule has 150 valence electrons. The van der Waals surface area contributed by atoms with Crippen LogP contribution < -0.4 is 0 Å². The quantitative estimate of drug-likeness (QED) is 0.651. The van der Waals surface area contributed by atoms with E-state index < -0.39 is 15.6 Å². The van der Waals surface area contributed by atoms with Gasteiger partial charge in [0.05, 0.1) is 19.0 Å². The standard InChI is InChI=1S/C19H27BrN2O4S/c20-18-3-1-17(2-4-18)14-27(24,25)15-19(23)22-7-5-16(6-8-22)13-21-9-11-26-12-10-21/h1-4,16H,5-15H2. The maximum Gasteiger partial charge on any atom is 0.237 e. The molecule has 0 atom stereocenters. The van der Waals surface area contributed by atoms with E-state index >= 15 is 0 Å². The van der Waals surface area contributed by atoms with Gasteiger partial charge in [-0.2, -0.15) is 0 Å². The number of carbonyl (C=O) groups excluding carboxylic acids is 1. The lowest BCUT2D eigenvalue weighted by Gasteiger charge is -2.36. The van der Waals surface area contributed by atoms with Crippen molar-refractivity contribution in [2.45, 2.75) is 18.6 Å². The van der Waals surface area contributed by atoms with Gasteiger partial charge in [0.1, 0.15) is 5.75 Å². The summed E-state index contributed by atoms with van der Waals surface area (Å²) in [6.45, 7) is 5.92. The molecule has 0 spiro atoms. The number of likely N-dealkylation sites (tertiary alicyclic amines) is 1. The Balaban J connectivity index is 1.45. The van der Waals surface area contributed by atoms with Gasteiger partial charge in [0.15, 0.2) is 9.84 Å². The van der Waals surface area contributed by atoms with Gasteiger partial charge in [-0.3, -0.25) is 9.69 Å². The number of carbonyl (C=O) groups is 1. The second-order valence-corrected chi connectivity index (χ2v) is 10.4. The van der Waals surface area contributed by atoms with Gasteiger partial charge in [-0.1, -0.05) is 28.1 Å². The molecule has 6 nitrogen and oxygen atoms in total. The minimum atomic E-state index is -3.46. The lowest BCUT2D eigenvalue weighted by molar-refractivity contribution is -0.129. The summed E-state index contributed by atoms with van der Waals surface area (Å²) < 4.78 is 31.1. The van der Waals surface area contributed by atoms with Crippen LogP contribution >= 0.6 is 15.9 Å². The minimum Gasteiger partial charge on any atom is -0.379 e. The average Bonchev–Trinajstić information content (AvgIpc) is 2.64. The van der Waals surface area contributed by atoms with E-state index in [1.165, 1.54) is 0 Å². The van der Waals surface area contributed by atoms with Crippen molar-refractivity contribution in [2.75, 3.05) is 51.7 Å². The van der Waals surface area contributed by atoms with Crippen LogP contribution in [0.3, 0.4) is 0 Å². The summed E-state index contributed by atoms with van der Waals surface area (Å²) in [5, 5.41) is 0. The molecule has 2 aliphatic rings. The number of hydrogen-bond acceptors (Lipinski definition) is 5. The number of sulfone groups is 1. The average molecular weight is 459 g/mol. The second-order valence-electron chi connectivity index (χ2n) is 7.40. The van der Waals surface area contributed by atoms with Gasteiger partial charge in [0, 0.05) is 37.2 Å². The van der Waals surface area contributed by atoms with E-state index in [4.69, 9.17) is 4.74 Å². The Labute approximate surface area is 169 Å². The number of halogens is 1. The molecule has 8 heteroatoms. The Hall–Kier alpha value is -0.960. The highest BCUT2D eigenvalue weighted by Crippen LogP contribution is 2.20. The molecule has 27 heavy (non-hydrogen) atoms. The van der Waals surface area contributed by atoms with E-state index in [9.17, 15) is 13.2 Å². The fraction of sp³-hybridized carbons (Fsp3) is 0.632. The van der Waals surface area contributed by atoms with Gasteiger partial charge in [-0.05, 0) is 36.5 Å². The maximum atomic E-state index is 12.5. The number of benzene rings is 1. The Morgan fingerprint density at radius 1 is 1.07 bits per heavy atom. The molecular weight excluding hydrogens is 432 g/mol. The number of rotatable bonds is 6. The van der Waals surface area contributed by atoms with Crippen LogP contribution in [0.15, 0.2) is 28.7 Å². The van der Waals surface area contributed by atoms with E-state index in [1.54, 1.807) is 17.0 Å². The fourth-order valence-electron chi connectivity index (χ4n) is 3.68. The second kappa shape index (κ2) is 9.49. The summed E-state index contributed by atoms with van der Waals surface area (Å²) in [6, 6.07) is 7.16. The molecule has 1 amide bonds. The summed E-state index contributed by atoms with van der Waals surface area (Å²) >= 11 is 3.33. The zero-order valence-corrected chi connectivity index (χ0v) is 17.9.